The molecule has 0 aliphatic heterocycles. The van der Waals surface area contributed by atoms with Gasteiger partial charge in [0, 0.05) is 11.1 Å². The van der Waals surface area contributed by atoms with Crippen LogP contribution in [0.15, 0.2) is 24.3 Å². The Hall–Kier alpha value is -0.580. The van der Waals surface area contributed by atoms with Crippen molar-refractivity contribution >= 4 is 21.6 Å². The highest BCUT2D eigenvalue weighted by Gasteiger charge is 2.15. The van der Waals surface area contributed by atoms with E-state index in [1.165, 1.54) is 0 Å². The zero-order valence-corrected chi connectivity index (χ0v) is 10.3. The van der Waals surface area contributed by atoms with Crippen molar-refractivity contribution in [2.75, 3.05) is 5.75 Å². The van der Waals surface area contributed by atoms with E-state index in [2.05, 4.69) is 4.72 Å². The van der Waals surface area contributed by atoms with Crippen molar-refractivity contribution in [2.24, 2.45) is 0 Å². The Morgan fingerprint density at radius 2 is 2.00 bits per heavy atom. The lowest BCUT2D eigenvalue weighted by atomic mass is 10.1. The standard InChI is InChI=1S/C10H14ClNO2S/c1-3-15(13,14)12-8(2)9-6-4-5-7-10(9)11/h4-8,12H,3H2,1-2H3/t8-/m0/s1. The molecule has 0 radical (unpaired) electrons. The number of hydrogen-bond donors (Lipinski definition) is 1. The van der Waals surface area contributed by atoms with E-state index in [1.54, 1.807) is 19.9 Å². The molecule has 0 spiro atoms. The normalized spacial score (nSPS) is 13.8. The third kappa shape index (κ3) is 3.48. The molecule has 1 atom stereocenters. The smallest absolute Gasteiger partial charge is 0.211 e. The molecule has 0 aromatic heterocycles. The highest BCUT2D eigenvalue weighted by molar-refractivity contribution is 7.89. The first kappa shape index (κ1) is 12.5. The minimum absolute atomic E-state index is 0.0712. The molecule has 0 heterocycles. The molecule has 1 aromatic carbocycles. The van der Waals surface area contributed by atoms with E-state index in [1.807, 2.05) is 18.2 Å². The fourth-order valence-corrected chi connectivity index (χ4v) is 2.37. The van der Waals surface area contributed by atoms with Gasteiger partial charge in [0.1, 0.15) is 0 Å². The second-order valence-corrected chi connectivity index (χ2v) is 5.71. The van der Waals surface area contributed by atoms with Gasteiger partial charge in [-0.05, 0) is 25.5 Å². The Bertz CT molecular complexity index is 431. The van der Waals surface area contributed by atoms with Gasteiger partial charge in [-0.15, -0.1) is 0 Å². The van der Waals surface area contributed by atoms with Gasteiger partial charge in [-0.3, -0.25) is 0 Å². The van der Waals surface area contributed by atoms with Crippen LogP contribution in [0.25, 0.3) is 0 Å². The summed E-state index contributed by atoms with van der Waals surface area (Å²) >= 11 is 5.96. The Morgan fingerprint density at radius 1 is 1.40 bits per heavy atom. The van der Waals surface area contributed by atoms with Crippen molar-refractivity contribution in [2.45, 2.75) is 19.9 Å². The molecule has 1 N–H and O–H groups in total. The molecule has 0 aliphatic rings. The van der Waals surface area contributed by atoms with E-state index in [4.69, 9.17) is 11.6 Å². The summed E-state index contributed by atoms with van der Waals surface area (Å²) in [6.07, 6.45) is 0. The van der Waals surface area contributed by atoms with E-state index < -0.39 is 10.0 Å². The maximum atomic E-state index is 11.3. The molecule has 0 saturated carbocycles. The Balaban J connectivity index is 2.87. The van der Waals surface area contributed by atoms with E-state index in [0.717, 1.165) is 5.56 Å². The lowest BCUT2D eigenvalue weighted by molar-refractivity contribution is 0.568. The van der Waals surface area contributed by atoms with Crippen LogP contribution in [0.3, 0.4) is 0 Å². The monoisotopic (exact) mass is 247 g/mol. The number of sulfonamides is 1. The summed E-state index contributed by atoms with van der Waals surface area (Å²) in [7, 11) is -3.19. The summed E-state index contributed by atoms with van der Waals surface area (Å²) in [4.78, 5) is 0. The van der Waals surface area contributed by atoms with Gasteiger partial charge in [0.2, 0.25) is 10.0 Å². The zero-order valence-electron chi connectivity index (χ0n) is 8.70. The molecule has 0 fully saturated rings. The Morgan fingerprint density at radius 3 is 2.53 bits per heavy atom. The quantitative estimate of drug-likeness (QED) is 0.888. The molecule has 0 saturated heterocycles. The van der Waals surface area contributed by atoms with Crippen molar-refractivity contribution in [1.82, 2.24) is 4.72 Å². The SMILES string of the molecule is CCS(=O)(=O)N[C@@H](C)c1ccccc1Cl. The molecule has 84 valence electrons. The average Bonchev–Trinajstić information content (AvgIpc) is 2.17. The fraction of sp³-hybridized carbons (Fsp3) is 0.400. The average molecular weight is 248 g/mol. The van der Waals surface area contributed by atoms with E-state index in [0.29, 0.717) is 5.02 Å². The summed E-state index contributed by atoms with van der Waals surface area (Å²) in [6, 6.07) is 6.90. The third-order valence-electron chi connectivity index (χ3n) is 2.11. The van der Waals surface area contributed by atoms with Crippen LogP contribution in [-0.4, -0.2) is 14.2 Å². The number of rotatable bonds is 4. The van der Waals surface area contributed by atoms with Gasteiger partial charge in [0.25, 0.3) is 0 Å². The molecule has 0 bridgehead atoms. The fourth-order valence-electron chi connectivity index (χ4n) is 1.24. The second kappa shape index (κ2) is 4.96. The van der Waals surface area contributed by atoms with Crippen LogP contribution in [0.2, 0.25) is 5.02 Å². The van der Waals surface area contributed by atoms with Gasteiger partial charge in [-0.2, -0.15) is 0 Å². The predicted octanol–water partition coefficient (Wildman–Crippen LogP) is 2.34. The largest absolute Gasteiger partial charge is 0.212 e. The second-order valence-electron chi connectivity index (χ2n) is 3.26. The molecular weight excluding hydrogens is 234 g/mol. The van der Waals surface area contributed by atoms with Gasteiger partial charge < -0.3 is 0 Å². The maximum Gasteiger partial charge on any atom is 0.211 e. The Labute approximate surface area is 95.5 Å². The Kier molecular flexibility index (Phi) is 4.13. The van der Waals surface area contributed by atoms with Gasteiger partial charge >= 0.3 is 0 Å². The summed E-state index contributed by atoms with van der Waals surface area (Å²) in [5.41, 5.74) is 0.788. The minimum atomic E-state index is -3.19. The third-order valence-corrected chi connectivity index (χ3v) is 3.93. The highest BCUT2D eigenvalue weighted by Crippen LogP contribution is 2.22. The molecule has 1 rings (SSSR count). The number of benzene rings is 1. The summed E-state index contributed by atoms with van der Waals surface area (Å²) in [6.45, 7) is 3.37. The number of hydrogen-bond acceptors (Lipinski definition) is 2. The summed E-state index contributed by atoms with van der Waals surface area (Å²) in [5, 5.41) is 0.573. The van der Waals surface area contributed by atoms with Gasteiger partial charge in [0.15, 0.2) is 0 Å². The van der Waals surface area contributed by atoms with Crippen molar-refractivity contribution in [3.8, 4) is 0 Å². The number of nitrogens with one attached hydrogen (secondary N) is 1. The topological polar surface area (TPSA) is 46.2 Å². The molecule has 3 nitrogen and oxygen atoms in total. The molecule has 5 heteroatoms. The lowest BCUT2D eigenvalue weighted by Crippen LogP contribution is -2.28. The van der Waals surface area contributed by atoms with E-state index >= 15 is 0 Å². The van der Waals surface area contributed by atoms with Crippen LogP contribution in [0, 0.1) is 0 Å². The van der Waals surface area contributed by atoms with Crippen molar-refractivity contribution < 1.29 is 8.42 Å². The van der Waals surface area contributed by atoms with Gasteiger partial charge in [-0.1, -0.05) is 29.8 Å². The van der Waals surface area contributed by atoms with E-state index in [9.17, 15) is 8.42 Å². The van der Waals surface area contributed by atoms with Crippen molar-refractivity contribution in [1.29, 1.82) is 0 Å². The first-order valence-corrected chi connectivity index (χ1v) is 6.73. The predicted molar refractivity (Wildman–Crippen MR) is 62.5 cm³/mol. The summed E-state index contributed by atoms with van der Waals surface area (Å²) < 4.78 is 25.2. The van der Waals surface area contributed by atoms with Crippen molar-refractivity contribution in [3.63, 3.8) is 0 Å². The molecule has 0 aliphatic carbocycles. The minimum Gasteiger partial charge on any atom is -0.212 e. The van der Waals surface area contributed by atoms with Crippen LogP contribution >= 0.6 is 11.6 Å². The van der Waals surface area contributed by atoms with Crippen LogP contribution in [0.1, 0.15) is 25.5 Å². The molecule has 1 aromatic rings. The highest BCUT2D eigenvalue weighted by atomic mass is 35.5. The molecule has 15 heavy (non-hydrogen) atoms. The molecular formula is C10H14ClNO2S. The number of halogens is 1. The van der Waals surface area contributed by atoms with Crippen LogP contribution in [0.5, 0.6) is 0 Å². The summed E-state index contributed by atoms with van der Waals surface area (Å²) in [5.74, 6) is 0.0712. The van der Waals surface area contributed by atoms with Gasteiger partial charge in [0.05, 0.1) is 5.75 Å². The lowest BCUT2D eigenvalue weighted by Gasteiger charge is -2.14. The zero-order chi connectivity index (χ0) is 11.5. The van der Waals surface area contributed by atoms with Gasteiger partial charge in [-0.25, -0.2) is 13.1 Å². The molecule has 0 amide bonds. The van der Waals surface area contributed by atoms with Crippen LogP contribution < -0.4 is 4.72 Å². The van der Waals surface area contributed by atoms with Crippen LogP contribution in [0.4, 0.5) is 0 Å². The maximum absolute atomic E-state index is 11.3. The first-order valence-electron chi connectivity index (χ1n) is 4.70. The first-order chi connectivity index (χ1) is 6.96. The molecule has 0 unspecified atom stereocenters. The van der Waals surface area contributed by atoms with Crippen molar-refractivity contribution in [3.05, 3.63) is 34.9 Å². The van der Waals surface area contributed by atoms with E-state index in [-0.39, 0.29) is 11.8 Å². The van der Waals surface area contributed by atoms with Crippen LogP contribution in [-0.2, 0) is 10.0 Å².